The molecule has 0 atom stereocenters. The summed E-state index contributed by atoms with van der Waals surface area (Å²) in [6, 6.07) is 2.93. The Bertz CT molecular complexity index is 593. The molecule has 0 aliphatic heterocycles. The van der Waals surface area contributed by atoms with Gasteiger partial charge in [0.15, 0.2) is 0 Å². The summed E-state index contributed by atoms with van der Waals surface area (Å²) in [5.41, 5.74) is -0.587. The first kappa shape index (κ1) is 16.8. The number of carbonyl (C=O) groups is 1. The van der Waals surface area contributed by atoms with E-state index in [1.165, 1.54) is 19.1 Å². The lowest BCUT2D eigenvalue weighted by atomic mass is 10.0. The molecule has 0 radical (unpaired) electrons. The monoisotopic (exact) mass is 335 g/mol. The van der Waals surface area contributed by atoms with Crippen molar-refractivity contribution in [2.75, 3.05) is 6.61 Å². The highest BCUT2D eigenvalue weighted by Gasteiger charge is 2.25. The number of nitrogens with one attached hydrogen (secondary N) is 1. The number of aliphatic hydroxyl groups is 1. The number of hydrogen-bond donors (Lipinski definition) is 2. The second-order valence-electron chi connectivity index (χ2n) is 3.77. The number of hydrogen-bond acceptors (Lipinski definition) is 4. The van der Waals surface area contributed by atoms with Gasteiger partial charge in [0.05, 0.1) is 27.4 Å². The van der Waals surface area contributed by atoms with Crippen molar-refractivity contribution in [3.8, 4) is 0 Å². The molecule has 20 heavy (non-hydrogen) atoms. The van der Waals surface area contributed by atoms with Crippen LogP contribution < -0.4 is 0 Å². The Balaban J connectivity index is 3.40. The minimum Gasteiger partial charge on any atom is -0.512 e. The molecule has 0 heterocycles. The molecule has 0 aromatic heterocycles. The van der Waals surface area contributed by atoms with Crippen molar-refractivity contribution in [1.29, 1.82) is 5.41 Å². The first-order valence-electron chi connectivity index (χ1n) is 5.61. The highest BCUT2D eigenvalue weighted by atomic mass is 35.5. The third kappa shape index (κ3) is 3.45. The predicted octanol–water partition coefficient (Wildman–Crippen LogP) is 4.41. The molecule has 0 saturated carbocycles. The first-order valence-corrected chi connectivity index (χ1v) is 6.74. The lowest BCUT2D eigenvalue weighted by Gasteiger charge is -2.13. The van der Waals surface area contributed by atoms with Gasteiger partial charge in [0.1, 0.15) is 11.3 Å². The molecule has 1 aromatic rings. The zero-order valence-electron chi connectivity index (χ0n) is 10.8. The topological polar surface area (TPSA) is 70.4 Å². The lowest BCUT2D eigenvalue weighted by molar-refractivity contribution is -0.138. The lowest BCUT2D eigenvalue weighted by Crippen LogP contribution is -2.19. The van der Waals surface area contributed by atoms with Gasteiger partial charge in [-0.1, -0.05) is 34.8 Å². The highest BCUT2D eigenvalue weighted by Crippen LogP contribution is 2.33. The van der Waals surface area contributed by atoms with E-state index < -0.39 is 5.97 Å². The molecular formula is C13H12Cl3NO3. The standard InChI is InChI=1S/C13H12Cl3NO3/c1-3-20-13(19)9(6(2)18)12(17)10-7(14)4-5-8(15)11(10)16/h4-5,17-18H,3H2,1-2H3/b9-6+,17-12?. The Morgan fingerprint density at radius 3 is 2.35 bits per heavy atom. The van der Waals surface area contributed by atoms with Gasteiger partial charge in [0.25, 0.3) is 0 Å². The van der Waals surface area contributed by atoms with Crippen LogP contribution in [0, 0.1) is 5.41 Å². The molecule has 4 nitrogen and oxygen atoms in total. The Morgan fingerprint density at radius 2 is 1.85 bits per heavy atom. The van der Waals surface area contributed by atoms with Gasteiger partial charge in [0, 0.05) is 5.56 Å². The molecular weight excluding hydrogens is 325 g/mol. The van der Waals surface area contributed by atoms with E-state index in [1.54, 1.807) is 6.92 Å². The second-order valence-corrected chi connectivity index (χ2v) is 4.97. The third-order valence-corrected chi connectivity index (χ3v) is 3.50. The first-order chi connectivity index (χ1) is 9.31. The van der Waals surface area contributed by atoms with E-state index in [2.05, 4.69) is 0 Å². The van der Waals surface area contributed by atoms with Crippen molar-refractivity contribution in [3.63, 3.8) is 0 Å². The highest BCUT2D eigenvalue weighted by molar-refractivity contribution is 6.48. The van der Waals surface area contributed by atoms with Crippen LogP contribution in [-0.2, 0) is 9.53 Å². The Hall–Kier alpha value is -1.23. The fourth-order valence-electron chi connectivity index (χ4n) is 1.52. The van der Waals surface area contributed by atoms with E-state index in [4.69, 9.17) is 44.9 Å². The number of esters is 1. The van der Waals surface area contributed by atoms with Crippen LogP contribution in [0.5, 0.6) is 0 Å². The van der Waals surface area contributed by atoms with Crippen molar-refractivity contribution >= 4 is 46.5 Å². The average Bonchev–Trinajstić information content (AvgIpc) is 2.34. The van der Waals surface area contributed by atoms with Gasteiger partial charge in [-0.15, -0.1) is 0 Å². The SMILES string of the molecule is CCOC(=O)/C(C(=N)c1c(Cl)ccc(Cl)c1Cl)=C(\C)O. The zero-order valence-corrected chi connectivity index (χ0v) is 13.0. The Labute approximate surface area is 131 Å². The van der Waals surface area contributed by atoms with Gasteiger partial charge < -0.3 is 9.84 Å². The van der Waals surface area contributed by atoms with E-state index in [0.29, 0.717) is 0 Å². The number of ether oxygens (including phenoxy) is 1. The van der Waals surface area contributed by atoms with Crippen LogP contribution in [0.4, 0.5) is 0 Å². The number of allylic oxidation sites excluding steroid dienone is 1. The molecule has 0 bridgehead atoms. The van der Waals surface area contributed by atoms with Gasteiger partial charge >= 0.3 is 5.97 Å². The fourth-order valence-corrected chi connectivity index (χ4v) is 2.23. The van der Waals surface area contributed by atoms with Gasteiger partial charge in [-0.3, -0.25) is 5.41 Å². The molecule has 0 unspecified atom stereocenters. The molecule has 0 fully saturated rings. The molecule has 0 aliphatic rings. The van der Waals surface area contributed by atoms with Crippen molar-refractivity contribution in [2.24, 2.45) is 0 Å². The van der Waals surface area contributed by atoms with E-state index in [-0.39, 0.29) is 44.3 Å². The van der Waals surface area contributed by atoms with Crippen molar-refractivity contribution in [3.05, 3.63) is 44.1 Å². The summed E-state index contributed by atoms with van der Waals surface area (Å²) in [5, 5.41) is 18.0. The summed E-state index contributed by atoms with van der Waals surface area (Å²) in [5.74, 6) is -1.19. The van der Waals surface area contributed by atoms with Crippen LogP contribution in [0.25, 0.3) is 0 Å². The summed E-state index contributed by atoms with van der Waals surface area (Å²) in [7, 11) is 0. The minimum atomic E-state index is -0.829. The number of benzene rings is 1. The molecule has 1 rings (SSSR count). The van der Waals surface area contributed by atoms with Gasteiger partial charge in [-0.05, 0) is 26.0 Å². The summed E-state index contributed by atoms with van der Waals surface area (Å²) in [6.07, 6.45) is 0. The van der Waals surface area contributed by atoms with Crippen LogP contribution in [-0.4, -0.2) is 23.4 Å². The van der Waals surface area contributed by atoms with Crippen LogP contribution in [0.2, 0.25) is 15.1 Å². The van der Waals surface area contributed by atoms with Crippen molar-refractivity contribution < 1.29 is 14.6 Å². The molecule has 0 saturated heterocycles. The summed E-state index contributed by atoms with van der Waals surface area (Å²) >= 11 is 17.9. The number of aliphatic hydroxyl groups excluding tert-OH is 1. The molecule has 7 heteroatoms. The summed E-state index contributed by atoms with van der Waals surface area (Å²) in [4.78, 5) is 11.8. The largest absolute Gasteiger partial charge is 0.512 e. The van der Waals surface area contributed by atoms with Crippen LogP contribution >= 0.6 is 34.8 Å². The average molecular weight is 337 g/mol. The predicted molar refractivity (Wildman–Crippen MR) is 80.3 cm³/mol. The van der Waals surface area contributed by atoms with Gasteiger partial charge in [-0.25, -0.2) is 4.79 Å². The maximum Gasteiger partial charge on any atom is 0.343 e. The quantitative estimate of drug-likeness (QED) is 0.281. The molecule has 0 aliphatic carbocycles. The number of carbonyl (C=O) groups excluding carboxylic acids is 1. The van der Waals surface area contributed by atoms with E-state index in [1.807, 2.05) is 0 Å². The summed E-state index contributed by atoms with van der Waals surface area (Å²) in [6.45, 7) is 3.00. The van der Waals surface area contributed by atoms with E-state index >= 15 is 0 Å². The van der Waals surface area contributed by atoms with Crippen LogP contribution in [0.1, 0.15) is 19.4 Å². The van der Waals surface area contributed by atoms with Crippen LogP contribution in [0.3, 0.4) is 0 Å². The van der Waals surface area contributed by atoms with Crippen molar-refractivity contribution in [1.82, 2.24) is 0 Å². The van der Waals surface area contributed by atoms with Crippen LogP contribution in [0.15, 0.2) is 23.5 Å². The molecule has 0 spiro atoms. The smallest absolute Gasteiger partial charge is 0.343 e. The molecule has 0 amide bonds. The Morgan fingerprint density at radius 1 is 1.30 bits per heavy atom. The maximum absolute atomic E-state index is 11.8. The third-order valence-electron chi connectivity index (χ3n) is 2.39. The molecule has 108 valence electrons. The van der Waals surface area contributed by atoms with E-state index in [0.717, 1.165) is 0 Å². The summed E-state index contributed by atoms with van der Waals surface area (Å²) < 4.78 is 4.80. The maximum atomic E-state index is 11.8. The number of halogens is 3. The van der Waals surface area contributed by atoms with Gasteiger partial charge in [-0.2, -0.15) is 0 Å². The van der Waals surface area contributed by atoms with E-state index in [9.17, 15) is 9.90 Å². The Kier molecular flexibility index (Phi) is 5.87. The molecule has 1 aromatic carbocycles. The van der Waals surface area contributed by atoms with Gasteiger partial charge in [0.2, 0.25) is 0 Å². The second kappa shape index (κ2) is 6.97. The molecule has 2 N–H and O–H groups in total. The zero-order chi connectivity index (χ0) is 15.4. The fraction of sp³-hybridized carbons (Fsp3) is 0.231. The normalized spacial score (nSPS) is 11.8. The van der Waals surface area contributed by atoms with Crippen molar-refractivity contribution in [2.45, 2.75) is 13.8 Å². The number of rotatable bonds is 4. The minimum absolute atomic E-state index is 0.0345.